The molecule has 15 heavy (non-hydrogen) atoms. The van der Waals surface area contributed by atoms with Gasteiger partial charge in [0.25, 0.3) is 0 Å². The van der Waals surface area contributed by atoms with Crippen molar-refractivity contribution in [1.29, 1.82) is 0 Å². The maximum atomic E-state index is 5.06. The Morgan fingerprint density at radius 3 is 3.13 bits per heavy atom. The largest absolute Gasteiger partial charge is 0.481 e. The van der Waals surface area contributed by atoms with Gasteiger partial charge in [0.05, 0.1) is 7.11 Å². The molecule has 0 saturated heterocycles. The summed E-state index contributed by atoms with van der Waals surface area (Å²) in [5, 5.41) is 3.38. The SMILES string of the molecule is COc1cc(NCCCC2CC2)ccn1. The normalized spacial score (nSPS) is 15.0. The minimum Gasteiger partial charge on any atom is -0.481 e. The van der Waals surface area contributed by atoms with Crippen LogP contribution in [0.15, 0.2) is 18.3 Å². The number of ether oxygens (including phenoxy) is 1. The summed E-state index contributed by atoms with van der Waals surface area (Å²) in [5.41, 5.74) is 1.10. The third kappa shape index (κ3) is 3.42. The van der Waals surface area contributed by atoms with E-state index in [0.29, 0.717) is 5.88 Å². The zero-order valence-electron chi connectivity index (χ0n) is 9.20. The fourth-order valence-electron chi connectivity index (χ4n) is 1.66. The van der Waals surface area contributed by atoms with Crippen LogP contribution in [-0.4, -0.2) is 18.6 Å². The molecule has 1 fully saturated rings. The van der Waals surface area contributed by atoms with Gasteiger partial charge in [-0.05, 0) is 24.8 Å². The summed E-state index contributed by atoms with van der Waals surface area (Å²) < 4.78 is 5.06. The summed E-state index contributed by atoms with van der Waals surface area (Å²) in [6.45, 7) is 1.05. The van der Waals surface area contributed by atoms with E-state index in [1.807, 2.05) is 12.1 Å². The number of anilines is 1. The molecule has 1 aliphatic rings. The van der Waals surface area contributed by atoms with Gasteiger partial charge in [-0.25, -0.2) is 4.98 Å². The summed E-state index contributed by atoms with van der Waals surface area (Å²) in [6, 6.07) is 3.90. The van der Waals surface area contributed by atoms with Crippen molar-refractivity contribution in [2.45, 2.75) is 25.7 Å². The molecule has 0 aliphatic heterocycles. The first kappa shape index (κ1) is 10.3. The number of hydrogen-bond acceptors (Lipinski definition) is 3. The Bertz CT molecular complexity index is 310. The number of pyridine rings is 1. The smallest absolute Gasteiger partial charge is 0.214 e. The molecule has 1 saturated carbocycles. The van der Waals surface area contributed by atoms with E-state index in [0.717, 1.165) is 18.2 Å². The van der Waals surface area contributed by atoms with Crippen LogP contribution in [0.1, 0.15) is 25.7 Å². The van der Waals surface area contributed by atoms with Gasteiger partial charge in [0.15, 0.2) is 0 Å². The predicted molar refractivity (Wildman–Crippen MR) is 61.2 cm³/mol. The molecule has 0 amide bonds. The lowest BCUT2D eigenvalue weighted by Gasteiger charge is -2.06. The lowest BCUT2D eigenvalue weighted by atomic mass is 10.2. The van der Waals surface area contributed by atoms with Gasteiger partial charge < -0.3 is 10.1 Å². The quantitative estimate of drug-likeness (QED) is 0.727. The number of nitrogens with zero attached hydrogens (tertiary/aromatic N) is 1. The Morgan fingerprint density at radius 2 is 2.40 bits per heavy atom. The maximum Gasteiger partial charge on any atom is 0.214 e. The molecule has 0 bridgehead atoms. The van der Waals surface area contributed by atoms with E-state index in [-0.39, 0.29) is 0 Å². The van der Waals surface area contributed by atoms with Gasteiger partial charge in [-0.15, -0.1) is 0 Å². The highest BCUT2D eigenvalue weighted by atomic mass is 16.5. The molecule has 0 spiro atoms. The minimum absolute atomic E-state index is 0.669. The zero-order valence-corrected chi connectivity index (χ0v) is 9.20. The van der Waals surface area contributed by atoms with Gasteiger partial charge in [0.1, 0.15) is 0 Å². The van der Waals surface area contributed by atoms with Crippen molar-refractivity contribution in [3.8, 4) is 5.88 Å². The van der Waals surface area contributed by atoms with E-state index in [9.17, 15) is 0 Å². The second kappa shape index (κ2) is 5.01. The number of rotatable bonds is 6. The Kier molecular flexibility index (Phi) is 3.43. The molecular formula is C12H18N2O. The summed E-state index contributed by atoms with van der Waals surface area (Å²) in [5.74, 6) is 1.70. The average molecular weight is 206 g/mol. The molecule has 0 radical (unpaired) electrons. The van der Waals surface area contributed by atoms with Crippen LogP contribution < -0.4 is 10.1 Å². The lowest BCUT2D eigenvalue weighted by molar-refractivity contribution is 0.398. The molecule has 0 aromatic carbocycles. The number of hydrogen-bond donors (Lipinski definition) is 1. The molecule has 1 aromatic heterocycles. The van der Waals surface area contributed by atoms with E-state index >= 15 is 0 Å². The molecule has 3 heteroatoms. The van der Waals surface area contributed by atoms with E-state index in [1.54, 1.807) is 13.3 Å². The first-order valence-corrected chi connectivity index (χ1v) is 5.62. The maximum absolute atomic E-state index is 5.06. The Hall–Kier alpha value is -1.25. The zero-order chi connectivity index (χ0) is 10.5. The van der Waals surface area contributed by atoms with Crippen molar-refractivity contribution in [3.63, 3.8) is 0 Å². The molecule has 3 nitrogen and oxygen atoms in total. The monoisotopic (exact) mass is 206 g/mol. The van der Waals surface area contributed by atoms with E-state index in [2.05, 4.69) is 10.3 Å². The van der Waals surface area contributed by atoms with Crippen LogP contribution >= 0.6 is 0 Å². The highest BCUT2D eigenvalue weighted by Crippen LogP contribution is 2.33. The third-order valence-corrected chi connectivity index (χ3v) is 2.76. The first-order valence-electron chi connectivity index (χ1n) is 5.62. The first-order chi connectivity index (χ1) is 7.38. The fraction of sp³-hybridized carbons (Fsp3) is 0.583. The molecule has 0 unspecified atom stereocenters. The molecule has 2 rings (SSSR count). The Labute approximate surface area is 90.9 Å². The van der Waals surface area contributed by atoms with Gasteiger partial charge in [-0.3, -0.25) is 0 Å². The molecule has 82 valence electrons. The molecule has 1 aliphatic carbocycles. The standard InChI is InChI=1S/C12H18N2O/c1-15-12-9-11(6-8-14-12)13-7-2-3-10-4-5-10/h6,8-10H,2-5,7H2,1H3,(H,13,14). The van der Waals surface area contributed by atoms with Crippen LogP contribution in [0.3, 0.4) is 0 Å². The molecule has 1 aromatic rings. The van der Waals surface area contributed by atoms with Crippen LogP contribution in [0.4, 0.5) is 5.69 Å². The van der Waals surface area contributed by atoms with Crippen molar-refractivity contribution in [2.24, 2.45) is 5.92 Å². The predicted octanol–water partition coefficient (Wildman–Crippen LogP) is 2.69. The van der Waals surface area contributed by atoms with Crippen molar-refractivity contribution >= 4 is 5.69 Å². The van der Waals surface area contributed by atoms with Gasteiger partial charge in [0, 0.05) is 24.5 Å². The molecule has 0 atom stereocenters. The van der Waals surface area contributed by atoms with Crippen LogP contribution in [0.25, 0.3) is 0 Å². The van der Waals surface area contributed by atoms with Crippen molar-refractivity contribution in [3.05, 3.63) is 18.3 Å². The minimum atomic E-state index is 0.669. The summed E-state index contributed by atoms with van der Waals surface area (Å²) in [7, 11) is 1.64. The highest BCUT2D eigenvalue weighted by molar-refractivity contribution is 5.44. The Balaban J connectivity index is 1.71. The van der Waals surface area contributed by atoms with Crippen LogP contribution in [0, 0.1) is 5.92 Å². The van der Waals surface area contributed by atoms with Crippen LogP contribution in [0.2, 0.25) is 0 Å². The topological polar surface area (TPSA) is 34.1 Å². The average Bonchev–Trinajstić information content (AvgIpc) is 3.09. The molecule has 1 N–H and O–H groups in total. The fourth-order valence-corrected chi connectivity index (χ4v) is 1.66. The van der Waals surface area contributed by atoms with Crippen molar-refractivity contribution in [1.82, 2.24) is 4.98 Å². The van der Waals surface area contributed by atoms with Crippen molar-refractivity contribution in [2.75, 3.05) is 19.0 Å². The summed E-state index contributed by atoms with van der Waals surface area (Å²) in [6.07, 6.45) is 7.29. The summed E-state index contributed by atoms with van der Waals surface area (Å²) >= 11 is 0. The number of nitrogens with one attached hydrogen (secondary N) is 1. The Morgan fingerprint density at radius 1 is 1.53 bits per heavy atom. The van der Waals surface area contributed by atoms with E-state index in [1.165, 1.54) is 25.7 Å². The second-order valence-corrected chi connectivity index (χ2v) is 4.10. The second-order valence-electron chi connectivity index (χ2n) is 4.10. The van der Waals surface area contributed by atoms with Crippen LogP contribution in [-0.2, 0) is 0 Å². The van der Waals surface area contributed by atoms with Crippen LogP contribution in [0.5, 0.6) is 5.88 Å². The molecular weight excluding hydrogens is 188 g/mol. The summed E-state index contributed by atoms with van der Waals surface area (Å²) in [4.78, 5) is 4.06. The lowest BCUT2D eigenvalue weighted by Crippen LogP contribution is -2.02. The van der Waals surface area contributed by atoms with Gasteiger partial charge in [0.2, 0.25) is 5.88 Å². The third-order valence-electron chi connectivity index (χ3n) is 2.76. The van der Waals surface area contributed by atoms with Gasteiger partial charge in [-0.1, -0.05) is 12.8 Å². The highest BCUT2D eigenvalue weighted by Gasteiger charge is 2.19. The van der Waals surface area contributed by atoms with Gasteiger partial charge in [-0.2, -0.15) is 0 Å². The number of methoxy groups -OCH3 is 1. The van der Waals surface area contributed by atoms with Crippen molar-refractivity contribution < 1.29 is 4.74 Å². The van der Waals surface area contributed by atoms with Gasteiger partial charge >= 0.3 is 0 Å². The molecule has 1 heterocycles. The number of aromatic nitrogens is 1. The van der Waals surface area contributed by atoms with E-state index in [4.69, 9.17) is 4.74 Å². The van der Waals surface area contributed by atoms with E-state index < -0.39 is 0 Å².